The fourth-order valence-electron chi connectivity index (χ4n) is 9.66. The summed E-state index contributed by atoms with van der Waals surface area (Å²) in [5.74, 6) is 1.06. The second-order valence-electron chi connectivity index (χ2n) is 14.2. The molecule has 4 nitrogen and oxygen atoms in total. The molecule has 4 heteroatoms. The van der Waals surface area contributed by atoms with Gasteiger partial charge in [0.1, 0.15) is 6.10 Å². The molecule has 204 valence electrons. The Balaban J connectivity index is 1.67. The standard InChI is InChI=1S/C32H52O4/c1-20(19-33)9-11-26(36-22(3)34)21(2)23-13-17-32(8)25-10-12-27-29(4,5)28(35)15-16-30(27,6)24(25)14-18-31(23,32)7/h9,11,20-21,23,26-28,33,35H,10,12-19H2,1-8H3. The highest BCUT2D eigenvalue weighted by atomic mass is 16.5. The van der Waals surface area contributed by atoms with Gasteiger partial charge in [-0.05, 0) is 96.9 Å². The number of hydrogen-bond acceptors (Lipinski definition) is 4. The molecule has 2 N–H and O–H groups in total. The summed E-state index contributed by atoms with van der Waals surface area (Å²) in [5.41, 5.74) is 4.00. The van der Waals surface area contributed by atoms with Crippen LogP contribution >= 0.6 is 0 Å². The summed E-state index contributed by atoms with van der Waals surface area (Å²) < 4.78 is 5.86. The number of fused-ring (bicyclic) bond motifs is 4. The number of carbonyl (C=O) groups is 1. The van der Waals surface area contributed by atoms with E-state index in [4.69, 9.17) is 4.74 Å². The third-order valence-electron chi connectivity index (χ3n) is 12.2. The van der Waals surface area contributed by atoms with Gasteiger partial charge in [0, 0.05) is 19.4 Å². The van der Waals surface area contributed by atoms with Gasteiger partial charge >= 0.3 is 5.97 Å². The third-order valence-corrected chi connectivity index (χ3v) is 12.2. The number of esters is 1. The highest BCUT2D eigenvalue weighted by molar-refractivity contribution is 5.66. The summed E-state index contributed by atoms with van der Waals surface area (Å²) in [6.07, 6.45) is 12.7. The van der Waals surface area contributed by atoms with Crippen LogP contribution in [0, 0.1) is 45.3 Å². The lowest BCUT2D eigenvalue weighted by atomic mass is 9.43. The molecule has 0 aromatic rings. The predicted octanol–water partition coefficient (Wildman–Crippen LogP) is 6.85. The Labute approximate surface area is 220 Å². The van der Waals surface area contributed by atoms with Gasteiger partial charge in [-0.3, -0.25) is 4.79 Å². The fourth-order valence-corrected chi connectivity index (χ4v) is 9.66. The van der Waals surface area contributed by atoms with Gasteiger partial charge in [-0.15, -0.1) is 0 Å². The van der Waals surface area contributed by atoms with Crippen LogP contribution in [0.1, 0.15) is 107 Å². The Morgan fingerprint density at radius 2 is 1.69 bits per heavy atom. The van der Waals surface area contributed by atoms with Gasteiger partial charge in [0.2, 0.25) is 0 Å². The molecule has 0 aromatic carbocycles. The van der Waals surface area contributed by atoms with Crippen molar-refractivity contribution in [1.82, 2.24) is 0 Å². The van der Waals surface area contributed by atoms with E-state index >= 15 is 0 Å². The van der Waals surface area contributed by atoms with E-state index in [1.54, 1.807) is 11.1 Å². The lowest BCUT2D eigenvalue weighted by Crippen LogP contribution is -2.55. The zero-order valence-corrected chi connectivity index (χ0v) is 24.2. The summed E-state index contributed by atoms with van der Waals surface area (Å²) >= 11 is 0. The van der Waals surface area contributed by atoms with Gasteiger partial charge in [-0.1, -0.05) is 65.7 Å². The maximum absolute atomic E-state index is 12.0. The summed E-state index contributed by atoms with van der Waals surface area (Å²) in [5, 5.41) is 20.4. The normalized spacial score (nSPS) is 42.3. The van der Waals surface area contributed by atoms with Gasteiger partial charge in [-0.25, -0.2) is 0 Å². The van der Waals surface area contributed by atoms with Crippen molar-refractivity contribution in [3.63, 3.8) is 0 Å². The Hall–Kier alpha value is -1.13. The number of aliphatic hydroxyl groups is 2. The van der Waals surface area contributed by atoms with Gasteiger partial charge < -0.3 is 14.9 Å². The van der Waals surface area contributed by atoms with Crippen molar-refractivity contribution in [2.45, 2.75) is 119 Å². The molecule has 9 unspecified atom stereocenters. The fraction of sp³-hybridized carbons (Fsp3) is 0.844. The van der Waals surface area contributed by atoms with E-state index in [0.717, 1.165) is 19.3 Å². The highest BCUT2D eigenvalue weighted by Gasteiger charge is 2.63. The van der Waals surface area contributed by atoms with Crippen molar-refractivity contribution in [3.05, 3.63) is 23.3 Å². The molecule has 0 heterocycles. The second kappa shape index (κ2) is 9.56. The monoisotopic (exact) mass is 500 g/mol. The number of rotatable bonds is 6. The second-order valence-corrected chi connectivity index (χ2v) is 14.2. The van der Waals surface area contributed by atoms with Gasteiger partial charge in [0.15, 0.2) is 0 Å². The molecule has 0 aromatic heterocycles. The molecule has 0 amide bonds. The Morgan fingerprint density at radius 1 is 1.00 bits per heavy atom. The maximum atomic E-state index is 12.0. The smallest absolute Gasteiger partial charge is 0.303 e. The minimum Gasteiger partial charge on any atom is -0.458 e. The third kappa shape index (κ3) is 4.13. The number of ether oxygens (including phenoxy) is 1. The zero-order valence-electron chi connectivity index (χ0n) is 24.2. The van der Waals surface area contributed by atoms with E-state index in [0.29, 0.717) is 11.8 Å². The van der Waals surface area contributed by atoms with Crippen LogP contribution in [-0.4, -0.2) is 35.0 Å². The molecule has 0 spiro atoms. The molecule has 2 fully saturated rings. The molecule has 4 rings (SSSR count). The van der Waals surface area contributed by atoms with Crippen molar-refractivity contribution in [2.24, 2.45) is 45.3 Å². The van der Waals surface area contributed by atoms with Crippen LogP contribution < -0.4 is 0 Å². The Bertz CT molecular complexity index is 917. The molecule has 9 atom stereocenters. The average molecular weight is 501 g/mol. The number of aliphatic hydroxyl groups excluding tert-OH is 2. The van der Waals surface area contributed by atoms with Crippen molar-refractivity contribution in [2.75, 3.05) is 6.61 Å². The van der Waals surface area contributed by atoms with Crippen LogP contribution in [0.4, 0.5) is 0 Å². The topological polar surface area (TPSA) is 66.8 Å². The number of carbonyl (C=O) groups excluding carboxylic acids is 1. The first-order valence-corrected chi connectivity index (χ1v) is 14.6. The quantitative estimate of drug-likeness (QED) is 0.309. The summed E-state index contributed by atoms with van der Waals surface area (Å²) in [4.78, 5) is 12.0. The minimum atomic E-state index is -0.259. The first kappa shape index (κ1) is 27.9. The molecule has 2 saturated carbocycles. The van der Waals surface area contributed by atoms with Crippen LogP contribution in [0.3, 0.4) is 0 Å². The first-order chi connectivity index (χ1) is 16.7. The van der Waals surface area contributed by atoms with Crippen LogP contribution in [0.5, 0.6) is 0 Å². The summed E-state index contributed by atoms with van der Waals surface area (Å²) in [6, 6.07) is 0. The SMILES string of the molecule is CC(=O)OC(C=CC(C)CO)C(C)C1CCC2(C)C3=C(CCC12C)C1(C)CCC(O)C(C)(C)C1CC3. The van der Waals surface area contributed by atoms with Crippen LogP contribution in [0.25, 0.3) is 0 Å². The van der Waals surface area contributed by atoms with E-state index in [2.05, 4.69) is 41.5 Å². The first-order valence-electron chi connectivity index (χ1n) is 14.6. The molecule has 0 saturated heterocycles. The van der Waals surface area contributed by atoms with Gasteiger partial charge in [-0.2, -0.15) is 0 Å². The van der Waals surface area contributed by atoms with Crippen molar-refractivity contribution < 1.29 is 19.7 Å². The molecular weight excluding hydrogens is 448 g/mol. The molecule has 36 heavy (non-hydrogen) atoms. The largest absolute Gasteiger partial charge is 0.458 e. The molecule has 0 aliphatic heterocycles. The lowest BCUT2D eigenvalue weighted by molar-refractivity contribution is -0.148. The van der Waals surface area contributed by atoms with E-state index in [1.807, 2.05) is 19.1 Å². The van der Waals surface area contributed by atoms with E-state index in [9.17, 15) is 15.0 Å². The maximum Gasteiger partial charge on any atom is 0.303 e. The van der Waals surface area contributed by atoms with Gasteiger partial charge in [0.05, 0.1) is 6.10 Å². The molecule has 0 radical (unpaired) electrons. The molecule has 4 aliphatic carbocycles. The van der Waals surface area contributed by atoms with Crippen molar-refractivity contribution in [3.8, 4) is 0 Å². The van der Waals surface area contributed by atoms with E-state index in [1.165, 1.54) is 39.0 Å². The zero-order chi connectivity index (χ0) is 26.7. The van der Waals surface area contributed by atoms with Crippen LogP contribution in [0.2, 0.25) is 0 Å². The van der Waals surface area contributed by atoms with Gasteiger partial charge in [0.25, 0.3) is 0 Å². The Kier molecular flexibility index (Phi) is 7.41. The number of hydrogen-bond donors (Lipinski definition) is 2. The minimum absolute atomic E-state index is 0.0325. The molecule has 4 aliphatic rings. The molecule has 0 bridgehead atoms. The van der Waals surface area contributed by atoms with Crippen LogP contribution in [0.15, 0.2) is 23.3 Å². The average Bonchev–Trinajstić information content (AvgIpc) is 3.09. The van der Waals surface area contributed by atoms with E-state index < -0.39 is 0 Å². The summed E-state index contributed by atoms with van der Waals surface area (Å²) in [6.45, 7) is 18.0. The van der Waals surface area contributed by atoms with Crippen LogP contribution in [-0.2, 0) is 9.53 Å². The Morgan fingerprint density at radius 3 is 2.33 bits per heavy atom. The van der Waals surface area contributed by atoms with Crippen molar-refractivity contribution >= 4 is 5.97 Å². The number of allylic oxidation sites excluding steroid dienone is 2. The predicted molar refractivity (Wildman–Crippen MR) is 145 cm³/mol. The molecular formula is C32H52O4. The summed E-state index contributed by atoms with van der Waals surface area (Å²) in [7, 11) is 0. The van der Waals surface area contributed by atoms with Crippen molar-refractivity contribution in [1.29, 1.82) is 0 Å². The highest BCUT2D eigenvalue weighted by Crippen LogP contribution is 2.72. The lowest BCUT2D eigenvalue weighted by Gasteiger charge is -2.62. The van der Waals surface area contributed by atoms with E-state index in [-0.39, 0.29) is 58.3 Å².